The lowest BCUT2D eigenvalue weighted by molar-refractivity contribution is 0.0488. The molecular weight excluding hydrogens is 188 g/mol. The van der Waals surface area contributed by atoms with Gasteiger partial charge in [-0.15, -0.1) is 0 Å². The van der Waals surface area contributed by atoms with Crippen LogP contribution in [0.25, 0.3) is 0 Å². The van der Waals surface area contributed by atoms with Crippen molar-refractivity contribution in [1.29, 1.82) is 0 Å². The van der Waals surface area contributed by atoms with Crippen LogP contribution in [-0.2, 0) is 4.74 Å². The van der Waals surface area contributed by atoms with E-state index in [-0.39, 0.29) is 18.0 Å². The number of ether oxygens (including phenoxy) is 1. The van der Waals surface area contributed by atoms with E-state index in [0.717, 1.165) is 6.33 Å². The lowest BCUT2D eigenvalue weighted by Gasteiger charge is -2.00. The molecule has 14 heavy (non-hydrogen) atoms. The van der Waals surface area contributed by atoms with E-state index in [4.69, 9.17) is 9.84 Å². The van der Waals surface area contributed by atoms with Gasteiger partial charge in [0.15, 0.2) is 11.4 Å². The Bertz CT molecular complexity index is 345. The van der Waals surface area contributed by atoms with E-state index >= 15 is 0 Å². The Morgan fingerprint density at radius 1 is 1.64 bits per heavy atom. The zero-order valence-electron chi connectivity index (χ0n) is 7.61. The molecule has 2 N–H and O–H groups in total. The van der Waals surface area contributed by atoms with Gasteiger partial charge in [-0.2, -0.15) is 0 Å². The molecule has 0 aromatic carbocycles. The zero-order chi connectivity index (χ0) is 10.6. The van der Waals surface area contributed by atoms with Gasteiger partial charge < -0.3 is 14.8 Å². The predicted octanol–water partition coefficient (Wildman–Crippen LogP) is 0.675. The Hall–Kier alpha value is -1.85. The quantitative estimate of drug-likeness (QED) is 0.694. The maximum absolute atomic E-state index is 11.2. The second-order valence-corrected chi connectivity index (χ2v) is 2.57. The average Bonchev–Trinajstić information content (AvgIpc) is 2.62. The first-order valence-electron chi connectivity index (χ1n) is 4.10. The van der Waals surface area contributed by atoms with E-state index in [9.17, 15) is 9.59 Å². The van der Waals surface area contributed by atoms with E-state index in [1.165, 1.54) is 0 Å². The van der Waals surface area contributed by atoms with E-state index in [1.807, 2.05) is 6.92 Å². The van der Waals surface area contributed by atoms with Crippen LogP contribution < -0.4 is 0 Å². The largest absolute Gasteiger partial charge is 0.476 e. The number of carbonyl (C=O) groups is 2. The number of hydrogen-bond acceptors (Lipinski definition) is 4. The van der Waals surface area contributed by atoms with E-state index in [0.29, 0.717) is 6.42 Å². The van der Waals surface area contributed by atoms with Crippen LogP contribution in [0.15, 0.2) is 6.33 Å². The van der Waals surface area contributed by atoms with E-state index in [2.05, 4.69) is 9.97 Å². The summed E-state index contributed by atoms with van der Waals surface area (Å²) in [5, 5.41) is 8.64. The lowest BCUT2D eigenvalue weighted by atomic mass is 10.3. The van der Waals surface area contributed by atoms with Crippen LogP contribution in [0.5, 0.6) is 0 Å². The number of rotatable bonds is 4. The van der Waals surface area contributed by atoms with Gasteiger partial charge in [0.2, 0.25) is 0 Å². The van der Waals surface area contributed by atoms with Gasteiger partial charge in [0.1, 0.15) is 0 Å². The molecule has 0 unspecified atom stereocenters. The van der Waals surface area contributed by atoms with Crippen LogP contribution >= 0.6 is 0 Å². The highest BCUT2D eigenvalue weighted by Gasteiger charge is 2.20. The molecule has 1 rings (SSSR count). The maximum Gasteiger partial charge on any atom is 0.357 e. The smallest absolute Gasteiger partial charge is 0.357 e. The molecule has 0 fully saturated rings. The summed E-state index contributed by atoms with van der Waals surface area (Å²) in [5.74, 6) is -1.95. The van der Waals surface area contributed by atoms with Crippen LogP contribution in [0.4, 0.5) is 0 Å². The Kier molecular flexibility index (Phi) is 3.22. The second kappa shape index (κ2) is 4.40. The maximum atomic E-state index is 11.2. The molecule has 0 aliphatic carbocycles. The van der Waals surface area contributed by atoms with Crippen molar-refractivity contribution in [3.05, 3.63) is 17.7 Å². The Morgan fingerprint density at radius 3 is 2.93 bits per heavy atom. The molecular formula is C8H10N2O4. The molecule has 1 heterocycles. The highest BCUT2D eigenvalue weighted by atomic mass is 16.5. The second-order valence-electron chi connectivity index (χ2n) is 2.57. The minimum absolute atomic E-state index is 0.119. The monoisotopic (exact) mass is 198 g/mol. The van der Waals surface area contributed by atoms with Gasteiger partial charge in [0, 0.05) is 0 Å². The molecule has 1 aromatic rings. The van der Waals surface area contributed by atoms with Crippen molar-refractivity contribution in [3.8, 4) is 0 Å². The molecule has 0 saturated carbocycles. The topological polar surface area (TPSA) is 92.3 Å². The van der Waals surface area contributed by atoms with Crippen LogP contribution in [0.1, 0.15) is 34.3 Å². The fourth-order valence-corrected chi connectivity index (χ4v) is 0.879. The molecule has 0 aliphatic rings. The Morgan fingerprint density at radius 2 is 2.36 bits per heavy atom. The van der Waals surface area contributed by atoms with Crippen LogP contribution in [0.2, 0.25) is 0 Å². The molecule has 0 bridgehead atoms. The molecule has 0 radical (unpaired) electrons. The normalized spacial score (nSPS) is 9.79. The van der Waals surface area contributed by atoms with Gasteiger partial charge >= 0.3 is 11.9 Å². The summed E-state index contributed by atoms with van der Waals surface area (Å²) in [5.41, 5.74) is -0.433. The number of H-pyrrole nitrogens is 1. The first-order chi connectivity index (χ1) is 6.66. The fraction of sp³-hybridized carbons (Fsp3) is 0.375. The van der Waals surface area contributed by atoms with Crippen molar-refractivity contribution in [3.63, 3.8) is 0 Å². The Balaban J connectivity index is 2.79. The van der Waals surface area contributed by atoms with Crippen LogP contribution in [-0.4, -0.2) is 33.6 Å². The van der Waals surface area contributed by atoms with Crippen molar-refractivity contribution in [2.45, 2.75) is 13.3 Å². The van der Waals surface area contributed by atoms with Crippen molar-refractivity contribution in [1.82, 2.24) is 9.97 Å². The van der Waals surface area contributed by atoms with Gasteiger partial charge in [-0.1, -0.05) is 6.92 Å². The number of imidazole rings is 1. The lowest BCUT2D eigenvalue weighted by Crippen LogP contribution is -2.12. The van der Waals surface area contributed by atoms with Crippen LogP contribution in [0.3, 0.4) is 0 Å². The number of nitrogens with one attached hydrogen (secondary N) is 1. The van der Waals surface area contributed by atoms with Gasteiger partial charge in [-0.05, 0) is 6.42 Å². The highest BCUT2D eigenvalue weighted by Crippen LogP contribution is 2.04. The molecule has 0 aliphatic heterocycles. The SMILES string of the molecule is CCCOC(=O)c1[nH]cnc1C(=O)O. The van der Waals surface area contributed by atoms with Gasteiger partial charge in [-0.3, -0.25) is 0 Å². The zero-order valence-corrected chi connectivity index (χ0v) is 7.61. The third-order valence-electron chi connectivity index (χ3n) is 1.48. The molecule has 76 valence electrons. The number of carbonyl (C=O) groups excluding carboxylic acids is 1. The molecule has 0 spiro atoms. The summed E-state index contributed by atoms with van der Waals surface area (Å²) in [6.07, 6.45) is 1.83. The predicted molar refractivity (Wildman–Crippen MR) is 46.1 cm³/mol. The van der Waals surface area contributed by atoms with E-state index < -0.39 is 11.9 Å². The van der Waals surface area contributed by atoms with Gasteiger partial charge in [0.25, 0.3) is 0 Å². The summed E-state index contributed by atoms with van der Waals surface area (Å²) < 4.78 is 4.75. The molecule has 0 atom stereocenters. The average molecular weight is 198 g/mol. The molecule has 6 heteroatoms. The number of aromatic nitrogens is 2. The van der Waals surface area contributed by atoms with Crippen molar-refractivity contribution < 1.29 is 19.4 Å². The Labute approximate surface area is 79.9 Å². The molecule has 0 amide bonds. The molecule has 6 nitrogen and oxygen atoms in total. The van der Waals surface area contributed by atoms with Crippen molar-refractivity contribution in [2.75, 3.05) is 6.61 Å². The number of aromatic amines is 1. The summed E-state index contributed by atoms with van der Waals surface area (Å²) in [4.78, 5) is 27.7. The first-order valence-corrected chi connectivity index (χ1v) is 4.10. The number of carboxylic acids is 1. The standard InChI is InChI=1S/C8H10N2O4/c1-2-3-14-8(13)6-5(7(11)12)9-4-10-6/h4H,2-3H2,1H3,(H,9,10)(H,11,12). The summed E-state index contributed by atoms with van der Waals surface area (Å²) >= 11 is 0. The van der Waals surface area contributed by atoms with Gasteiger partial charge in [-0.25, -0.2) is 14.6 Å². The number of esters is 1. The minimum Gasteiger partial charge on any atom is -0.476 e. The molecule has 1 aromatic heterocycles. The third kappa shape index (κ3) is 2.09. The van der Waals surface area contributed by atoms with Crippen molar-refractivity contribution in [2.24, 2.45) is 0 Å². The minimum atomic E-state index is -1.25. The number of hydrogen-bond donors (Lipinski definition) is 2. The first kappa shape index (κ1) is 10.2. The fourth-order valence-electron chi connectivity index (χ4n) is 0.879. The summed E-state index contributed by atoms with van der Waals surface area (Å²) in [6.45, 7) is 2.11. The van der Waals surface area contributed by atoms with Crippen LogP contribution in [0, 0.1) is 0 Å². The number of nitrogens with zero attached hydrogens (tertiary/aromatic N) is 1. The van der Waals surface area contributed by atoms with Gasteiger partial charge in [0.05, 0.1) is 12.9 Å². The highest BCUT2D eigenvalue weighted by molar-refractivity contribution is 5.99. The summed E-state index contributed by atoms with van der Waals surface area (Å²) in [7, 11) is 0. The molecule has 0 saturated heterocycles. The number of carboxylic acid groups (broad SMARTS) is 1. The van der Waals surface area contributed by atoms with E-state index in [1.54, 1.807) is 0 Å². The summed E-state index contributed by atoms with van der Waals surface area (Å²) in [6, 6.07) is 0. The van der Waals surface area contributed by atoms with Crippen molar-refractivity contribution >= 4 is 11.9 Å². The third-order valence-corrected chi connectivity index (χ3v) is 1.48. The number of aromatic carboxylic acids is 1.